The van der Waals surface area contributed by atoms with Crippen LogP contribution in [0.2, 0.25) is 0 Å². The van der Waals surface area contributed by atoms with Gasteiger partial charge < -0.3 is 10.2 Å². The van der Waals surface area contributed by atoms with Crippen molar-refractivity contribution in [2.45, 2.75) is 6.54 Å². The Morgan fingerprint density at radius 2 is 1.96 bits per heavy atom. The monoisotopic (exact) mass is 313 g/mol. The van der Waals surface area contributed by atoms with Gasteiger partial charge in [0, 0.05) is 38.9 Å². The molecule has 1 aliphatic heterocycles. The van der Waals surface area contributed by atoms with Crippen molar-refractivity contribution in [1.29, 1.82) is 0 Å². The van der Waals surface area contributed by atoms with Gasteiger partial charge in [0.2, 0.25) is 5.91 Å². The predicted octanol–water partition coefficient (Wildman–Crippen LogP) is 0.736. The van der Waals surface area contributed by atoms with Gasteiger partial charge in [-0.05, 0) is 25.2 Å². The molecule has 2 heterocycles. The molecular weight excluding hydrogens is 290 g/mol. The minimum Gasteiger partial charge on any atom is -0.339 e. The number of piperazine rings is 1. The van der Waals surface area contributed by atoms with Crippen molar-refractivity contribution in [1.82, 2.24) is 24.9 Å². The summed E-state index contributed by atoms with van der Waals surface area (Å²) in [5, 5.41) is 7.66. The molecule has 1 saturated heterocycles. The first kappa shape index (κ1) is 15.7. The van der Waals surface area contributed by atoms with Gasteiger partial charge >= 0.3 is 0 Å². The van der Waals surface area contributed by atoms with Crippen molar-refractivity contribution in [3.63, 3.8) is 0 Å². The second kappa shape index (κ2) is 7.39. The number of hydrogen-bond acceptors (Lipinski definition) is 4. The van der Waals surface area contributed by atoms with Crippen LogP contribution in [-0.2, 0) is 11.3 Å². The van der Waals surface area contributed by atoms with Gasteiger partial charge in [0.15, 0.2) is 0 Å². The molecule has 1 fully saturated rings. The van der Waals surface area contributed by atoms with Crippen molar-refractivity contribution in [2.24, 2.45) is 0 Å². The summed E-state index contributed by atoms with van der Waals surface area (Å²) in [6, 6.07) is 12.0. The van der Waals surface area contributed by atoms with Gasteiger partial charge in [0.25, 0.3) is 0 Å². The summed E-state index contributed by atoms with van der Waals surface area (Å²) in [5.74, 6) is 0.194. The SMILES string of the molecule is CN(CC(=O)N1CCNCC1)Cc1ccnn1-c1ccccc1. The van der Waals surface area contributed by atoms with E-state index in [-0.39, 0.29) is 5.91 Å². The smallest absolute Gasteiger partial charge is 0.236 e. The third-order valence-electron chi connectivity index (χ3n) is 4.03. The second-order valence-electron chi connectivity index (χ2n) is 5.87. The maximum Gasteiger partial charge on any atom is 0.236 e. The maximum atomic E-state index is 12.3. The van der Waals surface area contributed by atoms with Crippen LogP contribution in [0.15, 0.2) is 42.6 Å². The molecule has 0 unspecified atom stereocenters. The molecule has 2 aromatic rings. The van der Waals surface area contributed by atoms with Crippen LogP contribution in [0.4, 0.5) is 0 Å². The summed E-state index contributed by atoms with van der Waals surface area (Å²) >= 11 is 0. The Balaban J connectivity index is 1.61. The minimum absolute atomic E-state index is 0.194. The lowest BCUT2D eigenvalue weighted by atomic mass is 10.3. The summed E-state index contributed by atoms with van der Waals surface area (Å²) < 4.78 is 1.92. The standard InChI is InChI=1S/C17H23N5O/c1-20(14-17(23)21-11-9-18-10-12-21)13-16-7-8-19-22(16)15-5-3-2-4-6-15/h2-8,18H,9-14H2,1H3. The van der Waals surface area contributed by atoms with Crippen molar-refractivity contribution in [2.75, 3.05) is 39.8 Å². The molecule has 0 aliphatic carbocycles. The van der Waals surface area contributed by atoms with Crippen LogP contribution in [-0.4, -0.2) is 65.3 Å². The molecule has 6 heteroatoms. The largest absolute Gasteiger partial charge is 0.339 e. The van der Waals surface area contributed by atoms with E-state index in [9.17, 15) is 4.79 Å². The molecule has 1 aliphatic rings. The molecule has 0 radical (unpaired) electrons. The highest BCUT2D eigenvalue weighted by Crippen LogP contribution is 2.11. The zero-order valence-corrected chi connectivity index (χ0v) is 13.5. The first-order valence-electron chi connectivity index (χ1n) is 7.99. The lowest BCUT2D eigenvalue weighted by Gasteiger charge is -2.29. The maximum absolute atomic E-state index is 12.3. The van der Waals surface area contributed by atoms with Crippen LogP contribution >= 0.6 is 0 Å². The van der Waals surface area contributed by atoms with Crippen molar-refractivity contribution < 1.29 is 4.79 Å². The van der Waals surface area contributed by atoms with E-state index in [4.69, 9.17) is 0 Å². The topological polar surface area (TPSA) is 53.4 Å². The fourth-order valence-electron chi connectivity index (χ4n) is 2.83. The molecule has 0 atom stereocenters. The second-order valence-corrected chi connectivity index (χ2v) is 5.87. The van der Waals surface area contributed by atoms with Crippen LogP contribution in [0.1, 0.15) is 5.69 Å². The number of para-hydroxylation sites is 1. The molecule has 6 nitrogen and oxygen atoms in total. The number of carbonyl (C=O) groups excluding carboxylic acids is 1. The first-order valence-corrected chi connectivity index (χ1v) is 7.99. The fourth-order valence-corrected chi connectivity index (χ4v) is 2.83. The van der Waals surface area contributed by atoms with Gasteiger partial charge in [-0.15, -0.1) is 0 Å². The van der Waals surface area contributed by atoms with Crippen molar-refractivity contribution in [3.05, 3.63) is 48.3 Å². The third-order valence-corrected chi connectivity index (χ3v) is 4.03. The van der Waals surface area contributed by atoms with E-state index in [1.54, 1.807) is 6.20 Å². The normalized spacial score (nSPS) is 15.1. The van der Waals surface area contributed by atoms with Gasteiger partial charge in [-0.3, -0.25) is 9.69 Å². The van der Waals surface area contributed by atoms with Crippen LogP contribution < -0.4 is 5.32 Å². The van der Waals surface area contributed by atoms with Crippen molar-refractivity contribution in [3.8, 4) is 5.69 Å². The highest BCUT2D eigenvalue weighted by atomic mass is 16.2. The summed E-state index contributed by atoms with van der Waals surface area (Å²) in [6.45, 7) is 4.49. The summed E-state index contributed by atoms with van der Waals surface area (Å²) in [7, 11) is 1.97. The van der Waals surface area contributed by atoms with Crippen molar-refractivity contribution >= 4 is 5.91 Å². The average molecular weight is 313 g/mol. The van der Waals surface area contributed by atoms with Gasteiger partial charge in [0.1, 0.15) is 0 Å². The Hall–Kier alpha value is -2.18. The van der Waals surface area contributed by atoms with E-state index >= 15 is 0 Å². The highest BCUT2D eigenvalue weighted by Gasteiger charge is 2.18. The van der Waals surface area contributed by atoms with Crippen LogP contribution in [0.25, 0.3) is 5.69 Å². The zero-order chi connectivity index (χ0) is 16.1. The summed E-state index contributed by atoms with van der Waals surface area (Å²) in [4.78, 5) is 16.3. The van der Waals surface area contributed by atoms with Gasteiger partial charge in [0.05, 0.1) is 17.9 Å². The fraction of sp³-hybridized carbons (Fsp3) is 0.412. The van der Waals surface area contributed by atoms with Crippen LogP contribution in [0, 0.1) is 0 Å². The molecular formula is C17H23N5O. The third kappa shape index (κ3) is 3.97. The average Bonchev–Trinajstić information content (AvgIpc) is 3.04. The zero-order valence-electron chi connectivity index (χ0n) is 13.5. The summed E-state index contributed by atoms with van der Waals surface area (Å²) in [5.41, 5.74) is 2.11. The van der Waals surface area contributed by atoms with E-state index in [0.717, 1.165) is 37.6 Å². The van der Waals surface area contributed by atoms with E-state index in [0.29, 0.717) is 13.1 Å². The molecule has 3 rings (SSSR count). The molecule has 1 aromatic carbocycles. The molecule has 23 heavy (non-hydrogen) atoms. The minimum atomic E-state index is 0.194. The molecule has 0 saturated carbocycles. The van der Waals surface area contributed by atoms with E-state index < -0.39 is 0 Å². The number of hydrogen-bond donors (Lipinski definition) is 1. The number of aromatic nitrogens is 2. The number of carbonyl (C=O) groups is 1. The Labute approximate surface area is 136 Å². The molecule has 1 N–H and O–H groups in total. The number of nitrogens with one attached hydrogen (secondary N) is 1. The van der Waals surface area contributed by atoms with Gasteiger partial charge in [-0.2, -0.15) is 5.10 Å². The molecule has 1 aromatic heterocycles. The van der Waals surface area contributed by atoms with Gasteiger partial charge in [-0.1, -0.05) is 18.2 Å². The molecule has 0 spiro atoms. The van der Waals surface area contributed by atoms with E-state index in [1.807, 2.05) is 57.9 Å². The van der Waals surface area contributed by atoms with Gasteiger partial charge in [-0.25, -0.2) is 4.68 Å². The van der Waals surface area contributed by atoms with E-state index in [1.165, 1.54) is 0 Å². The molecule has 122 valence electrons. The molecule has 0 bridgehead atoms. The number of amides is 1. The number of nitrogens with zero attached hydrogens (tertiary/aromatic N) is 4. The molecule has 1 amide bonds. The Bertz CT molecular complexity index is 633. The Morgan fingerprint density at radius 1 is 1.22 bits per heavy atom. The first-order chi connectivity index (χ1) is 11.2. The number of benzene rings is 1. The lowest BCUT2D eigenvalue weighted by molar-refractivity contribution is -0.132. The quantitative estimate of drug-likeness (QED) is 0.884. The predicted molar refractivity (Wildman–Crippen MR) is 89.3 cm³/mol. The number of rotatable bonds is 5. The summed E-state index contributed by atoms with van der Waals surface area (Å²) in [6.07, 6.45) is 1.80. The number of likely N-dealkylation sites (N-methyl/N-ethyl adjacent to an activating group) is 1. The highest BCUT2D eigenvalue weighted by molar-refractivity contribution is 5.78. The van der Waals surface area contributed by atoms with Crippen LogP contribution in [0.3, 0.4) is 0 Å². The van der Waals surface area contributed by atoms with Crippen LogP contribution in [0.5, 0.6) is 0 Å². The Morgan fingerprint density at radius 3 is 2.70 bits per heavy atom. The Kier molecular flexibility index (Phi) is 5.05. The van der Waals surface area contributed by atoms with E-state index in [2.05, 4.69) is 10.4 Å². The lowest BCUT2D eigenvalue weighted by Crippen LogP contribution is -2.49.